The monoisotopic (exact) mass is 363 g/mol. The second-order valence-electron chi connectivity index (χ2n) is 6.22. The fraction of sp³-hybridized carbons (Fsp3) is 0.500. The molecule has 0 bridgehead atoms. The van der Waals surface area contributed by atoms with Crippen molar-refractivity contribution in [3.05, 3.63) is 34.9 Å². The molecule has 0 aromatic heterocycles. The smallest absolute Gasteiger partial charge is 0.321 e. The van der Waals surface area contributed by atoms with Crippen LogP contribution in [-0.2, 0) is 14.3 Å². The number of aliphatic imine (C=N–C) groups is 1. The molecule has 0 unspecified atom stereocenters. The van der Waals surface area contributed by atoms with Gasteiger partial charge in [-0.05, 0) is 43.9 Å². The average molecular weight is 364 g/mol. The Morgan fingerprint density at radius 2 is 1.96 bits per heavy atom. The average Bonchev–Trinajstić information content (AvgIpc) is 2.62. The molecule has 2 heterocycles. The minimum Gasteiger partial charge on any atom is -0.465 e. The molecule has 6 nitrogen and oxygen atoms in total. The molecule has 7 heteroatoms. The Bertz CT molecular complexity index is 669. The Kier molecular flexibility index (Phi) is 5.58. The number of hydrogen-bond donors (Lipinski definition) is 1. The van der Waals surface area contributed by atoms with E-state index in [9.17, 15) is 9.59 Å². The highest BCUT2D eigenvalue weighted by atomic mass is 35.5. The number of rotatable bonds is 3. The van der Waals surface area contributed by atoms with Gasteiger partial charge in [-0.3, -0.25) is 14.9 Å². The summed E-state index contributed by atoms with van der Waals surface area (Å²) in [5, 5.41) is 3.39. The van der Waals surface area contributed by atoms with Gasteiger partial charge in [0.15, 0.2) is 5.92 Å². The Morgan fingerprint density at radius 3 is 2.60 bits per heavy atom. The van der Waals surface area contributed by atoms with Crippen molar-refractivity contribution in [2.75, 3.05) is 19.7 Å². The summed E-state index contributed by atoms with van der Waals surface area (Å²) < 4.78 is 5.10. The normalized spacial score (nSPS) is 23.7. The van der Waals surface area contributed by atoms with Crippen molar-refractivity contribution in [3.8, 4) is 0 Å². The second-order valence-corrected chi connectivity index (χ2v) is 6.65. The third-order valence-corrected chi connectivity index (χ3v) is 4.75. The number of hydrogen-bond acceptors (Lipinski definition) is 5. The number of halogens is 1. The molecule has 1 aromatic rings. The lowest BCUT2D eigenvalue weighted by Gasteiger charge is -2.35. The van der Waals surface area contributed by atoms with Crippen LogP contribution in [0.15, 0.2) is 29.3 Å². The lowest BCUT2D eigenvalue weighted by Crippen LogP contribution is -2.53. The highest BCUT2D eigenvalue weighted by Gasteiger charge is 2.42. The maximum Gasteiger partial charge on any atom is 0.321 e. The molecule has 1 amide bonds. The van der Waals surface area contributed by atoms with Gasteiger partial charge in [0.05, 0.1) is 6.61 Å². The molecule has 0 radical (unpaired) electrons. The number of guanidine groups is 1. The van der Waals surface area contributed by atoms with Gasteiger partial charge in [-0.25, -0.2) is 4.99 Å². The predicted molar refractivity (Wildman–Crippen MR) is 95.3 cm³/mol. The van der Waals surface area contributed by atoms with Crippen molar-refractivity contribution < 1.29 is 14.3 Å². The van der Waals surface area contributed by atoms with Crippen LogP contribution in [0.2, 0.25) is 5.02 Å². The Hall–Kier alpha value is -2.08. The van der Waals surface area contributed by atoms with Crippen LogP contribution in [0.4, 0.5) is 0 Å². The summed E-state index contributed by atoms with van der Waals surface area (Å²) >= 11 is 5.96. The van der Waals surface area contributed by atoms with Crippen molar-refractivity contribution >= 4 is 29.4 Å². The lowest BCUT2D eigenvalue weighted by atomic mass is 9.91. The first-order valence-corrected chi connectivity index (χ1v) is 9.03. The Morgan fingerprint density at radius 1 is 1.28 bits per heavy atom. The van der Waals surface area contributed by atoms with Crippen LogP contribution < -0.4 is 5.32 Å². The number of nitrogens with one attached hydrogen (secondary N) is 1. The number of nitrogens with zero attached hydrogens (tertiary/aromatic N) is 2. The predicted octanol–water partition coefficient (Wildman–Crippen LogP) is 2.53. The van der Waals surface area contributed by atoms with E-state index in [-0.39, 0.29) is 12.5 Å². The van der Waals surface area contributed by atoms with Crippen molar-refractivity contribution in [2.45, 2.75) is 32.2 Å². The summed E-state index contributed by atoms with van der Waals surface area (Å²) in [5.74, 6) is -1.37. The van der Waals surface area contributed by atoms with E-state index < -0.39 is 17.9 Å². The molecule has 3 rings (SSSR count). The van der Waals surface area contributed by atoms with E-state index in [0.29, 0.717) is 11.0 Å². The van der Waals surface area contributed by atoms with E-state index in [1.165, 1.54) is 6.42 Å². The quantitative estimate of drug-likeness (QED) is 0.661. The van der Waals surface area contributed by atoms with Crippen molar-refractivity contribution in [3.63, 3.8) is 0 Å². The summed E-state index contributed by atoms with van der Waals surface area (Å²) in [5.41, 5.74) is 0.770. The number of amides is 1. The van der Waals surface area contributed by atoms with E-state index in [4.69, 9.17) is 21.3 Å². The molecule has 1 aromatic carbocycles. The number of likely N-dealkylation sites (tertiary alicyclic amines) is 1. The van der Waals surface area contributed by atoms with E-state index >= 15 is 0 Å². The van der Waals surface area contributed by atoms with Crippen LogP contribution in [0.5, 0.6) is 0 Å². The lowest BCUT2D eigenvalue weighted by molar-refractivity contribution is -0.153. The minimum absolute atomic E-state index is 0.221. The molecule has 134 valence electrons. The molecule has 0 spiro atoms. The van der Waals surface area contributed by atoms with Crippen LogP contribution >= 0.6 is 11.6 Å². The first kappa shape index (κ1) is 17.7. The molecule has 0 aliphatic carbocycles. The maximum atomic E-state index is 12.7. The first-order valence-electron chi connectivity index (χ1n) is 8.66. The van der Waals surface area contributed by atoms with E-state index in [2.05, 4.69) is 10.2 Å². The fourth-order valence-corrected chi connectivity index (χ4v) is 3.36. The Balaban J connectivity index is 1.95. The number of ether oxygens (including phenoxy) is 1. The fourth-order valence-electron chi connectivity index (χ4n) is 3.23. The van der Waals surface area contributed by atoms with Crippen LogP contribution in [0.3, 0.4) is 0 Å². The molecule has 1 saturated heterocycles. The van der Waals surface area contributed by atoms with Crippen LogP contribution in [0, 0.1) is 5.92 Å². The zero-order chi connectivity index (χ0) is 17.8. The number of benzene rings is 1. The van der Waals surface area contributed by atoms with E-state index in [0.717, 1.165) is 31.5 Å². The Labute approximate surface area is 152 Å². The van der Waals surface area contributed by atoms with Crippen LogP contribution in [0.1, 0.15) is 37.8 Å². The highest BCUT2D eigenvalue weighted by Crippen LogP contribution is 2.31. The largest absolute Gasteiger partial charge is 0.465 e. The van der Waals surface area contributed by atoms with Gasteiger partial charge in [0.1, 0.15) is 6.04 Å². The van der Waals surface area contributed by atoms with E-state index in [1.807, 2.05) is 0 Å². The van der Waals surface area contributed by atoms with Gasteiger partial charge >= 0.3 is 5.97 Å². The summed E-state index contributed by atoms with van der Waals surface area (Å²) in [7, 11) is 0. The van der Waals surface area contributed by atoms with Gasteiger partial charge < -0.3 is 9.64 Å². The molecule has 25 heavy (non-hydrogen) atoms. The van der Waals surface area contributed by atoms with E-state index in [1.54, 1.807) is 31.2 Å². The summed E-state index contributed by atoms with van der Waals surface area (Å²) in [6.07, 6.45) is 3.33. The number of piperidine rings is 1. The zero-order valence-corrected chi connectivity index (χ0v) is 15.0. The van der Waals surface area contributed by atoms with Crippen LogP contribution in [0.25, 0.3) is 0 Å². The topological polar surface area (TPSA) is 71.0 Å². The van der Waals surface area contributed by atoms with Gasteiger partial charge in [-0.2, -0.15) is 0 Å². The maximum absolute atomic E-state index is 12.7. The second kappa shape index (κ2) is 7.87. The first-order chi connectivity index (χ1) is 12.1. The molecule has 1 fully saturated rings. The summed E-state index contributed by atoms with van der Waals surface area (Å²) in [4.78, 5) is 31.8. The zero-order valence-electron chi connectivity index (χ0n) is 14.2. The molecule has 2 aliphatic rings. The van der Waals surface area contributed by atoms with Crippen molar-refractivity contribution in [1.29, 1.82) is 0 Å². The minimum atomic E-state index is -0.991. The van der Waals surface area contributed by atoms with Gasteiger partial charge in [0.2, 0.25) is 11.9 Å². The standard InChI is InChI=1S/C18H22ClN3O3/c1-2-25-17(24)14-15(12-6-8-13(19)9-7-12)20-18(21-16(14)23)22-10-4-3-5-11-22/h6-9,14-15H,2-5,10-11H2,1H3,(H,20,21,23)/t14-,15+/m0/s1. The van der Waals surface area contributed by atoms with Crippen molar-refractivity contribution in [2.24, 2.45) is 10.9 Å². The molecule has 2 aliphatic heterocycles. The molecule has 2 atom stereocenters. The SMILES string of the molecule is CCOC(=O)[C@@H]1C(=O)NC(N2CCCCC2)=N[C@@H]1c1ccc(Cl)cc1. The summed E-state index contributed by atoms with van der Waals surface area (Å²) in [6, 6.07) is 6.47. The third kappa shape index (κ3) is 3.95. The third-order valence-electron chi connectivity index (χ3n) is 4.50. The van der Waals surface area contributed by atoms with Crippen LogP contribution in [-0.4, -0.2) is 42.4 Å². The summed E-state index contributed by atoms with van der Waals surface area (Å²) in [6.45, 7) is 3.66. The molecule has 0 saturated carbocycles. The number of carbonyl (C=O) groups is 2. The molecule has 1 N–H and O–H groups in total. The molecular formula is C18H22ClN3O3. The molecular weight excluding hydrogens is 342 g/mol. The van der Waals surface area contributed by atoms with Gasteiger partial charge in [0, 0.05) is 18.1 Å². The van der Waals surface area contributed by atoms with Gasteiger partial charge in [0.25, 0.3) is 0 Å². The highest BCUT2D eigenvalue weighted by molar-refractivity contribution is 6.30. The number of carbonyl (C=O) groups excluding carboxylic acids is 2. The van der Waals surface area contributed by atoms with Gasteiger partial charge in [-0.1, -0.05) is 23.7 Å². The van der Waals surface area contributed by atoms with Crippen molar-refractivity contribution in [1.82, 2.24) is 10.2 Å². The number of esters is 1. The van der Waals surface area contributed by atoms with Gasteiger partial charge in [-0.15, -0.1) is 0 Å².